The number of nitrogens with zero attached hydrogens (tertiary/aromatic N) is 2. The van der Waals surface area contributed by atoms with Gasteiger partial charge in [-0.2, -0.15) is 0 Å². The first-order valence-corrected chi connectivity index (χ1v) is 5.65. The second-order valence-corrected chi connectivity index (χ2v) is 4.55. The lowest BCUT2D eigenvalue weighted by molar-refractivity contribution is 0.0572. The lowest BCUT2D eigenvalue weighted by Crippen LogP contribution is -2.29. The number of halogens is 1. The number of hydrogen-bond donors (Lipinski definition) is 2. The quantitative estimate of drug-likeness (QED) is 0.705. The van der Waals surface area contributed by atoms with Gasteiger partial charge in [-0.3, -0.25) is 4.79 Å². The summed E-state index contributed by atoms with van der Waals surface area (Å²) in [6.07, 6.45) is -1.75. The normalized spacial score (nSPS) is 24.1. The number of pyridine rings is 1. The van der Waals surface area contributed by atoms with E-state index in [1.54, 1.807) is 13.0 Å². The number of aromatic nitrogens is 1. The van der Waals surface area contributed by atoms with Crippen LogP contribution in [0, 0.1) is 6.92 Å². The molecule has 2 heterocycles. The zero-order valence-corrected chi connectivity index (χ0v) is 10.1. The topological polar surface area (TPSA) is 73.7 Å². The van der Waals surface area contributed by atoms with E-state index in [9.17, 15) is 15.0 Å². The van der Waals surface area contributed by atoms with Gasteiger partial charge in [-0.05, 0) is 19.1 Å². The van der Waals surface area contributed by atoms with Crippen molar-refractivity contribution >= 4 is 17.5 Å². The fourth-order valence-electron chi connectivity index (χ4n) is 1.87. The Bertz CT molecular complexity index is 422. The number of aliphatic hydroxyl groups is 2. The number of β-amino-alcohol motifs (C(OH)–C–C–N with tert-alkyl or cyclic N) is 2. The molecule has 1 aromatic heterocycles. The van der Waals surface area contributed by atoms with Gasteiger partial charge in [0, 0.05) is 24.3 Å². The maximum Gasteiger partial charge on any atom is 0.254 e. The fraction of sp³-hybridized carbons (Fsp3) is 0.455. The van der Waals surface area contributed by atoms with Gasteiger partial charge >= 0.3 is 0 Å². The van der Waals surface area contributed by atoms with Crippen molar-refractivity contribution in [2.75, 3.05) is 13.1 Å². The van der Waals surface area contributed by atoms with Gasteiger partial charge in [0.1, 0.15) is 5.15 Å². The molecule has 17 heavy (non-hydrogen) atoms. The van der Waals surface area contributed by atoms with Crippen LogP contribution in [0.2, 0.25) is 5.15 Å². The SMILES string of the molecule is Cc1cc(C(=O)N2C[C@@H](O)[C@@H](O)C2)cc(Cl)n1. The summed E-state index contributed by atoms with van der Waals surface area (Å²) in [5, 5.41) is 19.0. The van der Waals surface area contributed by atoms with Crippen LogP contribution >= 0.6 is 11.6 Å². The van der Waals surface area contributed by atoms with Gasteiger partial charge < -0.3 is 15.1 Å². The third-order valence-electron chi connectivity index (χ3n) is 2.72. The minimum Gasteiger partial charge on any atom is -0.388 e. The Morgan fingerprint density at radius 3 is 2.53 bits per heavy atom. The van der Waals surface area contributed by atoms with Crippen LogP contribution in [0.25, 0.3) is 0 Å². The summed E-state index contributed by atoms with van der Waals surface area (Å²) in [6.45, 7) is 2.02. The highest BCUT2D eigenvalue weighted by atomic mass is 35.5. The lowest BCUT2D eigenvalue weighted by atomic mass is 10.2. The van der Waals surface area contributed by atoms with Crippen LogP contribution in [0.5, 0.6) is 0 Å². The molecule has 0 bridgehead atoms. The van der Waals surface area contributed by atoms with Gasteiger partial charge in [0.05, 0.1) is 12.2 Å². The lowest BCUT2D eigenvalue weighted by Gasteiger charge is -2.15. The van der Waals surface area contributed by atoms with Crippen LogP contribution in [-0.4, -0.2) is 51.3 Å². The third kappa shape index (κ3) is 2.57. The first kappa shape index (κ1) is 12.3. The minimum absolute atomic E-state index is 0.138. The third-order valence-corrected chi connectivity index (χ3v) is 2.91. The van der Waals surface area contributed by atoms with Crippen molar-refractivity contribution in [2.45, 2.75) is 19.1 Å². The molecular weight excluding hydrogens is 244 g/mol. The molecule has 1 amide bonds. The van der Waals surface area contributed by atoms with E-state index in [4.69, 9.17) is 11.6 Å². The number of aryl methyl sites for hydroxylation is 1. The van der Waals surface area contributed by atoms with E-state index >= 15 is 0 Å². The second-order valence-electron chi connectivity index (χ2n) is 4.16. The molecule has 5 nitrogen and oxygen atoms in total. The molecule has 1 aromatic rings. The summed E-state index contributed by atoms with van der Waals surface area (Å²) in [7, 11) is 0. The molecule has 0 aliphatic carbocycles. The van der Waals surface area contributed by atoms with E-state index in [1.165, 1.54) is 11.0 Å². The predicted octanol–water partition coefficient (Wildman–Crippen LogP) is 0.221. The number of hydrogen-bond acceptors (Lipinski definition) is 4. The van der Waals surface area contributed by atoms with Gasteiger partial charge in [-0.25, -0.2) is 4.98 Å². The van der Waals surface area contributed by atoms with Crippen molar-refractivity contribution in [3.63, 3.8) is 0 Å². The molecule has 2 rings (SSSR count). The molecule has 0 spiro atoms. The van der Waals surface area contributed by atoms with Gasteiger partial charge in [0.2, 0.25) is 0 Å². The van der Waals surface area contributed by atoms with Crippen LogP contribution in [0.4, 0.5) is 0 Å². The first-order chi connectivity index (χ1) is 7.97. The predicted molar refractivity (Wildman–Crippen MR) is 61.9 cm³/mol. The standard InChI is InChI=1S/C11H13ClN2O3/c1-6-2-7(3-10(12)13-6)11(17)14-4-8(15)9(16)5-14/h2-3,8-9,15-16H,4-5H2,1H3/t8-,9+. The number of aliphatic hydroxyl groups excluding tert-OH is 2. The smallest absolute Gasteiger partial charge is 0.254 e. The summed E-state index contributed by atoms with van der Waals surface area (Å²) >= 11 is 5.78. The molecule has 1 aliphatic rings. The van der Waals surface area contributed by atoms with Crippen molar-refractivity contribution < 1.29 is 15.0 Å². The average molecular weight is 257 g/mol. The van der Waals surface area contributed by atoms with Crippen LogP contribution in [0.1, 0.15) is 16.1 Å². The van der Waals surface area contributed by atoms with Crippen LogP contribution in [-0.2, 0) is 0 Å². The van der Waals surface area contributed by atoms with Crippen molar-refractivity contribution in [1.29, 1.82) is 0 Å². The summed E-state index contributed by atoms with van der Waals surface area (Å²) < 4.78 is 0. The molecule has 2 atom stereocenters. The molecule has 1 saturated heterocycles. The molecule has 0 unspecified atom stereocenters. The zero-order chi connectivity index (χ0) is 12.6. The van der Waals surface area contributed by atoms with Gasteiger partial charge in [0.25, 0.3) is 5.91 Å². The fourth-order valence-corrected chi connectivity index (χ4v) is 2.12. The van der Waals surface area contributed by atoms with Crippen LogP contribution in [0.3, 0.4) is 0 Å². The highest BCUT2D eigenvalue weighted by Crippen LogP contribution is 2.17. The maximum absolute atomic E-state index is 12.1. The summed E-state index contributed by atoms with van der Waals surface area (Å²) in [6, 6.07) is 3.11. The number of carbonyl (C=O) groups excluding carboxylic acids is 1. The van der Waals surface area contributed by atoms with Gasteiger partial charge in [-0.15, -0.1) is 0 Å². The van der Waals surface area contributed by atoms with Crippen molar-refractivity contribution in [1.82, 2.24) is 9.88 Å². The van der Waals surface area contributed by atoms with Crippen molar-refractivity contribution in [2.24, 2.45) is 0 Å². The maximum atomic E-state index is 12.1. The Hall–Kier alpha value is -1.17. The van der Waals surface area contributed by atoms with Crippen molar-refractivity contribution in [3.8, 4) is 0 Å². The van der Waals surface area contributed by atoms with E-state index in [2.05, 4.69) is 4.98 Å². The molecular formula is C11H13ClN2O3. The Morgan fingerprint density at radius 1 is 1.41 bits per heavy atom. The number of amides is 1. The van der Waals surface area contributed by atoms with Crippen molar-refractivity contribution in [3.05, 3.63) is 28.5 Å². The molecule has 2 N–H and O–H groups in total. The number of carbonyl (C=O) groups is 1. The summed E-state index contributed by atoms with van der Waals surface area (Å²) in [4.78, 5) is 17.4. The Labute approximate surface area is 104 Å². The zero-order valence-electron chi connectivity index (χ0n) is 9.30. The van der Waals surface area contributed by atoms with Crippen LogP contribution < -0.4 is 0 Å². The molecule has 1 aliphatic heterocycles. The molecule has 6 heteroatoms. The monoisotopic (exact) mass is 256 g/mol. The second kappa shape index (κ2) is 4.60. The Kier molecular flexibility index (Phi) is 3.33. The van der Waals surface area contributed by atoms with Gasteiger partial charge in [0.15, 0.2) is 0 Å². The van der Waals surface area contributed by atoms with Gasteiger partial charge in [-0.1, -0.05) is 11.6 Å². The minimum atomic E-state index is -0.877. The Morgan fingerprint density at radius 2 is 2.00 bits per heavy atom. The number of likely N-dealkylation sites (tertiary alicyclic amines) is 1. The van der Waals surface area contributed by atoms with E-state index < -0.39 is 12.2 Å². The molecule has 0 radical (unpaired) electrons. The first-order valence-electron chi connectivity index (χ1n) is 5.27. The molecule has 0 saturated carbocycles. The highest BCUT2D eigenvalue weighted by molar-refractivity contribution is 6.29. The summed E-state index contributed by atoms with van der Waals surface area (Å²) in [5.74, 6) is -0.256. The number of rotatable bonds is 1. The Balaban J connectivity index is 2.20. The molecule has 0 aromatic carbocycles. The largest absolute Gasteiger partial charge is 0.388 e. The van der Waals surface area contributed by atoms with E-state index in [0.717, 1.165) is 0 Å². The molecule has 1 fully saturated rings. The highest BCUT2D eigenvalue weighted by Gasteiger charge is 2.33. The summed E-state index contributed by atoms with van der Waals surface area (Å²) in [5.41, 5.74) is 1.07. The van der Waals surface area contributed by atoms with E-state index in [0.29, 0.717) is 11.3 Å². The average Bonchev–Trinajstić information content (AvgIpc) is 2.57. The van der Waals surface area contributed by atoms with Crippen LogP contribution in [0.15, 0.2) is 12.1 Å². The van der Waals surface area contributed by atoms with E-state index in [-0.39, 0.29) is 24.1 Å². The molecule has 92 valence electrons. The van der Waals surface area contributed by atoms with E-state index in [1.807, 2.05) is 0 Å².